The molecule has 0 unspecified atom stereocenters. The Labute approximate surface area is 83.9 Å². The topological polar surface area (TPSA) is 83.6 Å². The number of amides is 1. The van der Waals surface area contributed by atoms with Crippen molar-refractivity contribution in [3.63, 3.8) is 0 Å². The van der Waals surface area contributed by atoms with Gasteiger partial charge < -0.3 is 10.8 Å². The smallest absolute Gasteiger partial charge is 0.304 e. The second-order valence-electron chi connectivity index (χ2n) is 3.24. The number of nitrogens with two attached hydrogens (primary N) is 1. The van der Waals surface area contributed by atoms with Gasteiger partial charge in [-0.25, -0.2) is 0 Å². The molecule has 5 nitrogen and oxygen atoms in total. The molecule has 82 valence electrons. The first kappa shape index (κ1) is 12.9. The van der Waals surface area contributed by atoms with Gasteiger partial charge in [0.1, 0.15) is 0 Å². The van der Waals surface area contributed by atoms with Gasteiger partial charge in [-0.1, -0.05) is 13.3 Å². The third-order valence-electron chi connectivity index (χ3n) is 1.85. The van der Waals surface area contributed by atoms with Crippen molar-refractivity contribution in [1.29, 1.82) is 0 Å². The third-order valence-corrected chi connectivity index (χ3v) is 1.85. The van der Waals surface area contributed by atoms with Crippen molar-refractivity contribution in [2.75, 3.05) is 19.6 Å². The van der Waals surface area contributed by atoms with E-state index >= 15 is 0 Å². The number of unbranched alkanes of at least 4 members (excludes halogenated alkanes) is 1. The molecule has 0 heterocycles. The third kappa shape index (κ3) is 7.54. The first-order chi connectivity index (χ1) is 6.56. The molecule has 5 heteroatoms. The zero-order valence-corrected chi connectivity index (χ0v) is 8.53. The van der Waals surface area contributed by atoms with Crippen LogP contribution in [-0.4, -0.2) is 41.5 Å². The maximum absolute atomic E-state index is 10.7. The number of nitrogens with zero attached hydrogens (tertiary/aromatic N) is 1. The monoisotopic (exact) mass is 202 g/mol. The molecule has 1 amide bonds. The molecular formula is C9H18N2O3. The number of hydrogen-bond donors (Lipinski definition) is 2. The summed E-state index contributed by atoms with van der Waals surface area (Å²) in [6, 6.07) is 0. The maximum atomic E-state index is 10.7. The van der Waals surface area contributed by atoms with E-state index in [1.165, 1.54) is 0 Å². The Morgan fingerprint density at radius 2 is 2.00 bits per heavy atom. The molecule has 3 N–H and O–H groups in total. The highest BCUT2D eigenvalue weighted by atomic mass is 16.4. The molecule has 0 aromatic carbocycles. The minimum Gasteiger partial charge on any atom is -0.481 e. The van der Waals surface area contributed by atoms with Gasteiger partial charge in [-0.05, 0) is 13.0 Å². The highest BCUT2D eigenvalue weighted by Crippen LogP contribution is 1.96. The van der Waals surface area contributed by atoms with E-state index in [1.807, 2.05) is 6.92 Å². The molecule has 0 aromatic heterocycles. The molecule has 14 heavy (non-hydrogen) atoms. The van der Waals surface area contributed by atoms with Gasteiger partial charge in [0.25, 0.3) is 0 Å². The van der Waals surface area contributed by atoms with Crippen LogP contribution in [0.25, 0.3) is 0 Å². The summed E-state index contributed by atoms with van der Waals surface area (Å²) in [6.07, 6.45) is 2.02. The van der Waals surface area contributed by atoms with Crippen molar-refractivity contribution in [3.05, 3.63) is 0 Å². The first-order valence-corrected chi connectivity index (χ1v) is 4.78. The van der Waals surface area contributed by atoms with E-state index in [-0.39, 0.29) is 13.0 Å². The van der Waals surface area contributed by atoms with Crippen molar-refractivity contribution in [1.82, 2.24) is 4.90 Å². The van der Waals surface area contributed by atoms with E-state index in [9.17, 15) is 9.59 Å². The van der Waals surface area contributed by atoms with Crippen LogP contribution in [0, 0.1) is 0 Å². The van der Waals surface area contributed by atoms with Crippen LogP contribution in [0.2, 0.25) is 0 Å². The number of carboxylic acid groups (broad SMARTS) is 1. The van der Waals surface area contributed by atoms with E-state index in [2.05, 4.69) is 0 Å². The lowest BCUT2D eigenvalue weighted by Crippen LogP contribution is -2.35. The van der Waals surface area contributed by atoms with Crippen LogP contribution in [0.5, 0.6) is 0 Å². The van der Waals surface area contributed by atoms with Crippen LogP contribution < -0.4 is 5.73 Å². The molecule has 0 atom stereocenters. The second kappa shape index (κ2) is 7.32. The lowest BCUT2D eigenvalue weighted by Gasteiger charge is -2.18. The molecule has 0 fully saturated rings. The van der Waals surface area contributed by atoms with Gasteiger partial charge in [-0.2, -0.15) is 0 Å². The zero-order chi connectivity index (χ0) is 11.0. The standard InChI is InChI=1S/C9H18N2O3/c1-2-3-5-11(7-8(10)12)6-4-9(13)14/h2-7H2,1H3,(H2,10,12)(H,13,14). The fourth-order valence-electron chi connectivity index (χ4n) is 1.13. The summed E-state index contributed by atoms with van der Waals surface area (Å²) in [5.74, 6) is -1.26. The SMILES string of the molecule is CCCCN(CCC(=O)O)CC(N)=O. The predicted molar refractivity (Wildman–Crippen MR) is 52.8 cm³/mol. The lowest BCUT2D eigenvalue weighted by molar-refractivity contribution is -0.137. The van der Waals surface area contributed by atoms with Crippen LogP contribution in [0.3, 0.4) is 0 Å². The van der Waals surface area contributed by atoms with Crippen LogP contribution >= 0.6 is 0 Å². The quantitative estimate of drug-likeness (QED) is 0.582. The summed E-state index contributed by atoms with van der Waals surface area (Å²) in [5, 5.41) is 8.48. The maximum Gasteiger partial charge on any atom is 0.304 e. The Bertz CT molecular complexity index is 194. The van der Waals surface area contributed by atoms with E-state index in [1.54, 1.807) is 4.90 Å². The molecule has 0 rings (SSSR count). The van der Waals surface area contributed by atoms with Gasteiger partial charge in [0.05, 0.1) is 13.0 Å². The summed E-state index contributed by atoms with van der Waals surface area (Å²) in [4.78, 5) is 22.7. The number of aliphatic carboxylic acids is 1. The van der Waals surface area contributed by atoms with Crippen LogP contribution in [0.4, 0.5) is 0 Å². The van der Waals surface area contributed by atoms with E-state index in [0.717, 1.165) is 19.4 Å². The Balaban J connectivity index is 3.83. The summed E-state index contributed by atoms with van der Waals surface area (Å²) >= 11 is 0. The van der Waals surface area contributed by atoms with Crippen LogP contribution in [0.15, 0.2) is 0 Å². The number of hydrogen-bond acceptors (Lipinski definition) is 3. The first-order valence-electron chi connectivity index (χ1n) is 4.78. The summed E-state index contributed by atoms with van der Waals surface area (Å²) in [7, 11) is 0. The normalized spacial score (nSPS) is 10.4. The Morgan fingerprint density at radius 1 is 1.36 bits per heavy atom. The Hall–Kier alpha value is -1.10. The predicted octanol–water partition coefficient (Wildman–Crippen LogP) is 0.0485. The average molecular weight is 202 g/mol. The van der Waals surface area contributed by atoms with Gasteiger partial charge in [-0.15, -0.1) is 0 Å². The highest BCUT2D eigenvalue weighted by molar-refractivity contribution is 5.76. The van der Waals surface area contributed by atoms with Gasteiger partial charge in [0.2, 0.25) is 5.91 Å². The Kier molecular flexibility index (Phi) is 6.74. The number of carbonyl (C=O) groups is 2. The average Bonchev–Trinajstić information content (AvgIpc) is 2.09. The van der Waals surface area contributed by atoms with Crippen molar-refractivity contribution in [2.45, 2.75) is 26.2 Å². The number of carboxylic acids is 1. The van der Waals surface area contributed by atoms with Gasteiger partial charge in [-0.3, -0.25) is 14.5 Å². The molecule has 0 saturated carbocycles. The van der Waals surface area contributed by atoms with Crippen molar-refractivity contribution < 1.29 is 14.7 Å². The van der Waals surface area contributed by atoms with Gasteiger partial charge in [0.15, 0.2) is 0 Å². The van der Waals surface area contributed by atoms with Gasteiger partial charge in [0, 0.05) is 6.54 Å². The van der Waals surface area contributed by atoms with Crippen molar-refractivity contribution in [2.24, 2.45) is 5.73 Å². The fourth-order valence-corrected chi connectivity index (χ4v) is 1.13. The summed E-state index contributed by atoms with van der Waals surface area (Å²) in [6.45, 7) is 3.30. The summed E-state index contributed by atoms with van der Waals surface area (Å²) in [5.41, 5.74) is 5.04. The van der Waals surface area contributed by atoms with E-state index in [0.29, 0.717) is 6.54 Å². The van der Waals surface area contributed by atoms with Crippen molar-refractivity contribution in [3.8, 4) is 0 Å². The van der Waals surface area contributed by atoms with Gasteiger partial charge >= 0.3 is 5.97 Å². The van der Waals surface area contributed by atoms with Crippen LogP contribution in [0.1, 0.15) is 26.2 Å². The number of primary amides is 1. The number of carbonyl (C=O) groups excluding carboxylic acids is 1. The van der Waals surface area contributed by atoms with E-state index in [4.69, 9.17) is 10.8 Å². The molecule has 0 aliphatic rings. The highest BCUT2D eigenvalue weighted by Gasteiger charge is 2.09. The minimum atomic E-state index is -0.851. The molecule has 0 spiro atoms. The lowest BCUT2D eigenvalue weighted by atomic mass is 10.3. The number of rotatable bonds is 8. The largest absolute Gasteiger partial charge is 0.481 e. The van der Waals surface area contributed by atoms with Crippen LogP contribution in [-0.2, 0) is 9.59 Å². The molecular weight excluding hydrogens is 184 g/mol. The van der Waals surface area contributed by atoms with E-state index < -0.39 is 11.9 Å². The molecule has 0 radical (unpaired) electrons. The molecule has 0 aromatic rings. The molecule has 0 bridgehead atoms. The zero-order valence-electron chi connectivity index (χ0n) is 8.53. The fraction of sp³-hybridized carbons (Fsp3) is 0.778. The second-order valence-corrected chi connectivity index (χ2v) is 3.24. The molecule has 0 saturated heterocycles. The van der Waals surface area contributed by atoms with Crippen molar-refractivity contribution >= 4 is 11.9 Å². The summed E-state index contributed by atoms with van der Waals surface area (Å²) < 4.78 is 0. The molecule has 0 aliphatic heterocycles. The molecule has 0 aliphatic carbocycles. The minimum absolute atomic E-state index is 0.0526. The Morgan fingerprint density at radius 3 is 2.43 bits per heavy atom.